The summed E-state index contributed by atoms with van der Waals surface area (Å²) in [5.41, 5.74) is 2.22. The first kappa shape index (κ1) is 17.4. The van der Waals surface area contributed by atoms with Gasteiger partial charge in [-0.1, -0.05) is 0 Å². The highest BCUT2D eigenvalue weighted by Crippen LogP contribution is 2.34. The number of piperazine rings is 1. The molecule has 0 saturated carbocycles. The number of rotatable bonds is 3. The van der Waals surface area contributed by atoms with Crippen molar-refractivity contribution in [3.8, 4) is 0 Å². The van der Waals surface area contributed by atoms with Gasteiger partial charge in [0.25, 0.3) is 0 Å². The number of carbonyl (C=O) groups is 1. The average Bonchev–Trinajstić information content (AvgIpc) is 2.98. The third-order valence-corrected chi connectivity index (χ3v) is 5.38. The topological polar surface area (TPSA) is 44.6 Å². The molecular weight excluding hydrogens is 302 g/mol. The van der Waals surface area contributed by atoms with Gasteiger partial charge in [0, 0.05) is 51.2 Å². The molecule has 3 heterocycles. The van der Waals surface area contributed by atoms with E-state index in [4.69, 9.17) is 0 Å². The number of imidazole rings is 1. The summed E-state index contributed by atoms with van der Waals surface area (Å²) < 4.78 is 2.20. The minimum absolute atomic E-state index is 0.193. The first-order valence-electron chi connectivity index (χ1n) is 9.18. The molecule has 0 N–H and O–H groups in total. The molecule has 6 heteroatoms. The van der Waals surface area contributed by atoms with E-state index in [1.807, 2.05) is 11.2 Å². The summed E-state index contributed by atoms with van der Waals surface area (Å²) in [5, 5.41) is 0. The smallest absolute Gasteiger partial charge is 0.246 e. The molecule has 0 unspecified atom stereocenters. The SMILES string of the molecule is CC(C)N1CCc2ncn(C(C)C)c2[C@H]1C(=O)N1CCN(C)CC1. The quantitative estimate of drug-likeness (QED) is 0.842. The van der Waals surface area contributed by atoms with E-state index in [2.05, 4.69) is 54.1 Å². The third kappa shape index (κ3) is 3.09. The number of likely N-dealkylation sites (N-methyl/N-ethyl adjacent to an activating group) is 1. The Morgan fingerprint density at radius 2 is 1.75 bits per heavy atom. The summed E-state index contributed by atoms with van der Waals surface area (Å²) in [7, 11) is 2.12. The summed E-state index contributed by atoms with van der Waals surface area (Å²) in [5.74, 6) is 0.250. The molecule has 1 saturated heterocycles. The van der Waals surface area contributed by atoms with Crippen LogP contribution in [-0.4, -0.2) is 76.0 Å². The second-order valence-electron chi connectivity index (χ2n) is 7.69. The third-order valence-electron chi connectivity index (χ3n) is 5.38. The summed E-state index contributed by atoms with van der Waals surface area (Å²) in [6.07, 6.45) is 2.85. The van der Waals surface area contributed by atoms with Crippen LogP contribution < -0.4 is 0 Å². The van der Waals surface area contributed by atoms with Crippen molar-refractivity contribution < 1.29 is 4.79 Å². The van der Waals surface area contributed by atoms with E-state index in [0.717, 1.165) is 50.5 Å². The number of carbonyl (C=O) groups excluding carboxylic acids is 1. The zero-order valence-corrected chi connectivity index (χ0v) is 15.7. The van der Waals surface area contributed by atoms with Gasteiger partial charge < -0.3 is 14.4 Å². The first-order valence-corrected chi connectivity index (χ1v) is 9.18. The van der Waals surface area contributed by atoms with Gasteiger partial charge in [-0.3, -0.25) is 9.69 Å². The van der Waals surface area contributed by atoms with Crippen LogP contribution in [0.3, 0.4) is 0 Å². The first-order chi connectivity index (χ1) is 11.4. The Balaban J connectivity index is 1.96. The molecule has 134 valence electrons. The van der Waals surface area contributed by atoms with Gasteiger partial charge in [0.1, 0.15) is 6.04 Å². The average molecular weight is 333 g/mol. The Morgan fingerprint density at radius 1 is 1.08 bits per heavy atom. The van der Waals surface area contributed by atoms with Crippen LogP contribution in [0.25, 0.3) is 0 Å². The van der Waals surface area contributed by atoms with Crippen LogP contribution in [0, 0.1) is 0 Å². The van der Waals surface area contributed by atoms with E-state index in [1.165, 1.54) is 0 Å². The lowest BCUT2D eigenvalue weighted by atomic mass is 9.98. The fraction of sp³-hybridized carbons (Fsp3) is 0.778. The molecule has 24 heavy (non-hydrogen) atoms. The number of fused-ring (bicyclic) bond motifs is 1. The Morgan fingerprint density at radius 3 is 2.33 bits per heavy atom. The molecule has 1 aromatic heterocycles. The number of hydrogen-bond acceptors (Lipinski definition) is 4. The monoisotopic (exact) mass is 333 g/mol. The Hall–Kier alpha value is -1.40. The second kappa shape index (κ2) is 6.84. The fourth-order valence-electron chi connectivity index (χ4n) is 3.85. The maximum Gasteiger partial charge on any atom is 0.246 e. The van der Waals surface area contributed by atoms with Gasteiger partial charge in [-0.25, -0.2) is 4.98 Å². The molecule has 0 aliphatic carbocycles. The van der Waals surface area contributed by atoms with E-state index < -0.39 is 0 Å². The van der Waals surface area contributed by atoms with Gasteiger partial charge in [0.15, 0.2) is 0 Å². The van der Waals surface area contributed by atoms with Crippen molar-refractivity contribution in [2.24, 2.45) is 0 Å². The van der Waals surface area contributed by atoms with Crippen molar-refractivity contribution in [2.75, 3.05) is 39.8 Å². The van der Waals surface area contributed by atoms with Crippen LogP contribution >= 0.6 is 0 Å². The lowest BCUT2D eigenvalue weighted by Crippen LogP contribution is -2.54. The van der Waals surface area contributed by atoms with Gasteiger partial charge in [-0.2, -0.15) is 0 Å². The predicted octanol–water partition coefficient (Wildman–Crippen LogP) is 1.55. The van der Waals surface area contributed by atoms with Crippen molar-refractivity contribution in [1.82, 2.24) is 24.3 Å². The lowest BCUT2D eigenvalue weighted by molar-refractivity contribution is -0.140. The molecule has 2 aliphatic rings. The standard InChI is InChI=1S/C18H31N5O/c1-13(2)22-7-6-15-16(23(12-19-15)14(3)4)17(22)18(24)21-10-8-20(5)9-11-21/h12-14,17H,6-11H2,1-5H3/t17-/m0/s1. The highest BCUT2D eigenvalue weighted by atomic mass is 16.2. The minimum atomic E-state index is -0.193. The van der Waals surface area contributed by atoms with Crippen LogP contribution in [0.2, 0.25) is 0 Å². The van der Waals surface area contributed by atoms with Crippen molar-refractivity contribution in [3.05, 3.63) is 17.7 Å². The Kier molecular flexibility index (Phi) is 4.97. The van der Waals surface area contributed by atoms with Crippen molar-refractivity contribution in [2.45, 2.75) is 52.2 Å². The Labute approximate surface area is 145 Å². The van der Waals surface area contributed by atoms with Gasteiger partial charge in [0.05, 0.1) is 17.7 Å². The van der Waals surface area contributed by atoms with Crippen molar-refractivity contribution >= 4 is 5.91 Å². The maximum absolute atomic E-state index is 13.4. The molecule has 3 rings (SSSR count). The molecule has 0 spiro atoms. The van der Waals surface area contributed by atoms with Crippen molar-refractivity contribution in [1.29, 1.82) is 0 Å². The van der Waals surface area contributed by atoms with Gasteiger partial charge in [0.2, 0.25) is 5.91 Å². The second-order valence-corrected chi connectivity index (χ2v) is 7.69. The van der Waals surface area contributed by atoms with E-state index in [0.29, 0.717) is 12.1 Å². The molecule has 6 nitrogen and oxygen atoms in total. The number of nitrogens with zero attached hydrogens (tertiary/aromatic N) is 5. The Bertz CT molecular complexity index is 586. The molecule has 1 atom stereocenters. The zero-order valence-electron chi connectivity index (χ0n) is 15.7. The molecular formula is C18H31N5O. The lowest BCUT2D eigenvalue weighted by Gasteiger charge is -2.42. The molecule has 1 fully saturated rings. The molecule has 0 radical (unpaired) electrons. The van der Waals surface area contributed by atoms with E-state index >= 15 is 0 Å². The highest BCUT2D eigenvalue weighted by molar-refractivity contribution is 5.83. The molecule has 1 aromatic rings. The van der Waals surface area contributed by atoms with Gasteiger partial charge in [-0.05, 0) is 34.7 Å². The largest absolute Gasteiger partial charge is 0.338 e. The normalized spacial score (nSPS) is 23.1. The van der Waals surface area contributed by atoms with Crippen LogP contribution in [0.5, 0.6) is 0 Å². The summed E-state index contributed by atoms with van der Waals surface area (Å²) in [6, 6.07) is 0.466. The summed E-state index contributed by atoms with van der Waals surface area (Å²) >= 11 is 0. The molecule has 0 aromatic carbocycles. The van der Waals surface area contributed by atoms with E-state index in [9.17, 15) is 4.79 Å². The minimum Gasteiger partial charge on any atom is -0.338 e. The van der Waals surface area contributed by atoms with Crippen LogP contribution in [-0.2, 0) is 11.2 Å². The van der Waals surface area contributed by atoms with Gasteiger partial charge in [-0.15, -0.1) is 0 Å². The fourth-order valence-corrected chi connectivity index (χ4v) is 3.85. The molecule has 2 aliphatic heterocycles. The number of amides is 1. The zero-order chi connectivity index (χ0) is 17.4. The molecule has 0 bridgehead atoms. The van der Waals surface area contributed by atoms with Crippen LogP contribution in [0.4, 0.5) is 0 Å². The van der Waals surface area contributed by atoms with Crippen molar-refractivity contribution in [3.63, 3.8) is 0 Å². The number of hydrogen-bond donors (Lipinski definition) is 0. The maximum atomic E-state index is 13.4. The summed E-state index contributed by atoms with van der Waals surface area (Å²) in [4.78, 5) is 24.7. The summed E-state index contributed by atoms with van der Waals surface area (Å²) in [6.45, 7) is 13.2. The van der Waals surface area contributed by atoms with E-state index in [-0.39, 0.29) is 11.9 Å². The van der Waals surface area contributed by atoms with Crippen LogP contribution in [0.15, 0.2) is 6.33 Å². The highest BCUT2D eigenvalue weighted by Gasteiger charge is 2.40. The molecule has 1 amide bonds. The predicted molar refractivity (Wildman–Crippen MR) is 95.0 cm³/mol. The van der Waals surface area contributed by atoms with Crippen LogP contribution in [0.1, 0.15) is 51.2 Å². The van der Waals surface area contributed by atoms with E-state index in [1.54, 1.807) is 0 Å². The number of aromatic nitrogens is 2. The van der Waals surface area contributed by atoms with Gasteiger partial charge >= 0.3 is 0 Å².